The Morgan fingerprint density at radius 3 is 2.35 bits per heavy atom. The van der Waals surface area contributed by atoms with Crippen molar-refractivity contribution in [1.29, 1.82) is 0 Å². The van der Waals surface area contributed by atoms with Crippen LogP contribution < -0.4 is 14.8 Å². The van der Waals surface area contributed by atoms with Crippen molar-refractivity contribution in [1.82, 2.24) is 4.72 Å². The lowest BCUT2D eigenvalue weighted by molar-refractivity contribution is 0.102. The predicted molar refractivity (Wildman–Crippen MR) is 123 cm³/mol. The molecule has 3 aromatic carbocycles. The Morgan fingerprint density at radius 1 is 1.00 bits per heavy atom. The summed E-state index contributed by atoms with van der Waals surface area (Å²) in [5, 5.41) is 3.22. The number of nitrogens with one attached hydrogen (secondary N) is 2. The van der Waals surface area contributed by atoms with Crippen molar-refractivity contribution >= 4 is 44.8 Å². The van der Waals surface area contributed by atoms with Crippen LogP contribution in [-0.2, 0) is 10.0 Å². The van der Waals surface area contributed by atoms with Crippen molar-refractivity contribution < 1.29 is 17.9 Å². The third-order valence-electron chi connectivity index (χ3n) is 4.54. The molecule has 0 fully saturated rings. The van der Waals surface area contributed by atoms with Gasteiger partial charge in [-0.25, -0.2) is 13.1 Å². The Kier molecular flexibility index (Phi) is 7.23. The summed E-state index contributed by atoms with van der Waals surface area (Å²) in [4.78, 5) is 12.7. The summed E-state index contributed by atoms with van der Waals surface area (Å²) < 4.78 is 33.7. The van der Waals surface area contributed by atoms with Gasteiger partial charge in [-0.15, -0.1) is 0 Å². The summed E-state index contributed by atoms with van der Waals surface area (Å²) in [5.41, 5.74) is 1.21. The number of amides is 1. The van der Waals surface area contributed by atoms with Crippen LogP contribution in [0.4, 0.5) is 5.69 Å². The number of carbonyl (C=O) groups excluding carboxylic acids is 1. The Bertz CT molecular complexity index is 1200. The molecule has 3 rings (SSSR count). The van der Waals surface area contributed by atoms with E-state index in [4.69, 9.17) is 27.9 Å². The molecule has 162 valence electrons. The standard InChI is InChI=1S/C22H20Cl2N2O4S/c1-14(15-6-4-3-5-7-15)26-31(28,29)17-9-11-21(30-2)20(13-17)25-22(27)18-10-8-16(23)12-19(18)24/h3-14,26H,1-2H3,(H,25,27)/t14-/m0/s1. The SMILES string of the molecule is COc1ccc(S(=O)(=O)N[C@@H](C)c2ccccc2)cc1NC(=O)c1ccc(Cl)cc1Cl. The van der Waals surface area contributed by atoms with Gasteiger partial charge in [-0.1, -0.05) is 53.5 Å². The molecular weight excluding hydrogens is 459 g/mol. The van der Waals surface area contributed by atoms with Gasteiger partial charge >= 0.3 is 0 Å². The summed E-state index contributed by atoms with van der Waals surface area (Å²) >= 11 is 12.0. The second-order valence-corrected chi connectivity index (χ2v) is 9.25. The first-order valence-electron chi connectivity index (χ1n) is 9.23. The lowest BCUT2D eigenvalue weighted by Crippen LogP contribution is -2.27. The van der Waals surface area contributed by atoms with Crippen LogP contribution in [0.25, 0.3) is 0 Å². The number of carbonyl (C=O) groups is 1. The number of rotatable bonds is 7. The number of methoxy groups -OCH3 is 1. The van der Waals surface area contributed by atoms with Gasteiger partial charge in [-0.3, -0.25) is 4.79 Å². The van der Waals surface area contributed by atoms with Gasteiger partial charge in [0.25, 0.3) is 5.91 Å². The Labute approximate surface area is 191 Å². The van der Waals surface area contributed by atoms with Crippen molar-refractivity contribution in [3.63, 3.8) is 0 Å². The third-order valence-corrected chi connectivity index (χ3v) is 6.62. The van der Waals surface area contributed by atoms with Crippen LogP contribution in [0, 0.1) is 0 Å². The fourth-order valence-corrected chi connectivity index (χ4v) is 4.68. The third kappa shape index (κ3) is 5.57. The van der Waals surface area contributed by atoms with Crippen LogP contribution in [0.1, 0.15) is 28.9 Å². The maximum absolute atomic E-state index is 12.9. The number of ether oxygens (including phenoxy) is 1. The van der Waals surface area contributed by atoms with Gasteiger partial charge < -0.3 is 10.1 Å². The minimum atomic E-state index is -3.87. The molecule has 2 N–H and O–H groups in total. The molecule has 1 amide bonds. The lowest BCUT2D eigenvalue weighted by Gasteiger charge is -2.16. The Morgan fingerprint density at radius 2 is 1.71 bits per heavy atom. The number of sulfonamides is 1. The van der Waals surface area contributed by atoms with Crippen LogP contribution in [0.15, 0.2) is 71.6 Å². The molecule has 0 radical (unpaired) electrons. The second-order valence-electron chi connectivity index (χ2n) is 6.69. The molecule has 31 heavy (non-hydrogen) atoms. The highest BCUT2D eigenvalue weighted by Gasteiger charge is 2.21. The van der Waals surface area contributed by atoms with E-state index in [-0.39, 0.29) is 21.2 Å². The molecule has 0 bridgehead atoms. The van der Waals surface area contributed by atoms with Gasteiger partial charge in [0, 0.05) is 11.1 Å². The van der Waals surface area contributed by atoms with Crippen LogP contribution in [-0.4, -0.2) is 21.4 Å². The highest BCUT2D eigenvalue weighted by molar-refractivity contribution is 7.89. The van der Waals surface area contributed by atoms with Crippen LogP contribution in [0.3, 0.4) is 0 Å². The maximum atomic E-state index is 12.9. The molecule has 0 heterocycles. The van der Waals surface area contributed by atoms with Crippen molar-refractivity contribution in [2.45, 2.75) is 17.9 Å². The number of anilines is 1. The zero-order valence-electron chi connectivity index (χ0n) is 16.7. The first kappa shape index (κ1) is 23.1. The van der Waals surface area contributed by atoms with E-state index in [2.05, 4.69) is 10.0 Å². The fraction of sp³-hybridized carbons (Fsp3) is 0.136. The van der Waals surface area contributed by atoms with E-state index < -0.39 is 22.0 Å². The first-order valence-corrected chi connectivity index (χ1v) is 11.5. The Balaban J connectivity index is 1.88. The van der Waals surface area contributed by atoms with Gasteiger partial charge in [-0.05, 0) is 48.9 Å². The second kappa shape index (κ2) is 9.70. The number of hydrogen-bond acceptors (Lipinski definition) is 4. The monoisotopic (exact) mass is 478 g/mol. The molecule has 0 aliphatic rings. The quantitative estimate of drug-likeness (QED) is 0.482. The molecule has 9 heteroatoms. The largest absolute Gasteiger partial charge is 0.495 e. The van der Waals surface area contributed by atoms with Gasteiger partial charge in [0.05, 0.1) is 28.3 Å². The topological polar surface area (TPSA) is 84.5 Å². The molecule has 0 aromatic heterocycles. The minimum absolute atomic E-state index is 0.0198. The van der Waals surface area contributed by atoms with E-state index in [1.165, 1.54) is 43.5 Å². The predicted octanol–water partition coefficient (Wildman–Crippen LogP) is 5.29. The summed E-state index contributed by atoms with van der Waals surface area (Å²) in [7, 11) is -2.45. The normalized spacial score (nSPS) is 12.3. The maximum Gasteiger partial charge on any atom is 0.257 e. The van der Waals surface area contributed by atoms with E-state index in [1.807, 2.05) is 30.3 Å². The first-order chi connectivity index (χ1) is 14.7. The molecule has 0 saturated heterocycles. The van der Waals surface area contributed by atoms with Crippen LogP contribution in [0.5, 0.6) is 5.75 Å². The average molecular weight is 479 g/mol. The average Bonchev–Trinajstić information content (AvgIpc) is 2.74. The molecule has 0 spiro atoms. The van der Waals surface area contributed by atoms with E-state index in [9.17, 15) is 13.2 Å². The van der Waals surface area contributed by atoms with Crippen molar-refractivity contribution in [3.8, 4) is 5.75 Å². The molecule has 0 unspecified atom stereocenters. The minimum Gasteiger partial charge on any atom is -0.495 e. The van der Waals surface area contributed by atoms with Crippen LogP contribution >= 0.6 is 23.2 Å². The van der Waals surface area contributed by atoms with Gasteiger partial charge in [0.1, 0.15) is 5.75 Å². The zero-order chi connectivity index (χ0) is 22.6. The number of halogens is 2. The molecular formula is C22H20Cl2N2O4S. The highest BCUT2D eigenvalue weighted by atomic mass is 35.5. The van der Waals surface area contributed by atoms with Crippen molar-refractivity contribution in [2.75, 3.05) is 12.4 Å². The smallest absolute Gasteiger partial charge is 0.257 e. The molecule has 0 aliphatic carbocycles. The number of hydrogen-bond donors (Lipinski definition) is 2. The fourth-order valence-electron chi connectivity index (χ4n) is 2.93. The van der Waals surface area contributed by atoms with Crippen molar-refractivity contribution in [2.24, 2.45) is 0 Å². The van der Waals surface area contributed by atoms with Crippen molar-refractivity contribution in [3.05, 3.63) is 87.9 Å². The molecule has 1 atom stereocenters. The summed E-state index contributed by atoms with van der Waals surface area (Å²) in [6.07, 6.45) is 0. The molecule has 0 saturated carbocycles. The van der Waals surface area contributed by atoms with Gasteiger partial charge in [0.15, 0.2) is 0 Å². The molecule has 6 nitrogen and oxygen atoms in total. The van der Waals surface area contributed by atoms with Crippen LogP contribution in [0.2, 0.25) is 10.0 Å². The summed E-state index contributed by atoms with van der Waals surface area (Å²) in [6, 6.07) is 17.4. The number of benzene rings is 3. The zero-order valence-corrected chi connectivity index (χ0v) is 19.1. The highest BCUT2D eigenvalue weighted by Crippen LogP contribution is 2.30. The summed E-state index contributed by atoms with van der Waals surface area (Å²) in [5.74, 6) is -0.228. The van der Waals surface area contributed by atoms with E-state index in [1.54, 1.807) is 6.92 Å². The molecule has 0 aliphatic heterocycles. The van der Waals surface area contributed by atoms with E-state index in [0.29, 0.717) is 10.8 Å². The van der Waals surface area contributed by atoms with Gasteiger partial charge in [0.2, 0.25) is 10.0 Å². The Hall–Kier alpha value is -2.58. The lowest BCUT2D eigenvalue weighted by atomic mass is 10.1. The van der Waals surface area contributed by atoms with E-state index >= 15 is 0 Å². The molecule has 3 aromatic rings. The summed E-state index contributed by atoms with van der Waals surface area (Å²) in [6.45, 7) is 1.75. The van der Waals surface area contributed by atoms with Gasteiger partial charge in [-0.2, -0.15) is 0 Å². The van der Waals surface area contributed by atoms with E-state index in [0.717, 1.165) is 5.56 Å².